The molecule has 0 heterocycles. The summed E-state index contributed by atoms with van der Waals surface area (Å²) in [5, 5.41) is 0. The Morgan fingerprint density at radius 2 is 1.64 bits per heavy atom. The first-order chi connectivity index (χ1) is 5.47. The Balaban J connectivity index is 2.38. The first kappa shape index (κ1) is 6.41. The van der Waals surface area contributed by atoms with Crippen molar-refractivity contribution in [2.24, 2.45) is 0 Å². The second kappa shape index (κ2) is 2.75. The van der Waals surface area contributed by atoms with E-state index in [0.29, 0.717) is 0 Å². The molecule has 0 aliphatic heterocycles. The molecule has 2 aliphatic rings. The van der Waals surface area contributed by atoms with Gasteiger partial charge in [0.25, 0.3) is 0 Å². The standard InChI is InChI=1S/C11H10/c1-2-4-7-11-9-5-8-10(11)6-3-1/h1-8H,9H2/b2-1-,3-1?,4-2?,6-3-,7-4-,10-6?,11-7?. The molecule has 0 amide bonds. The maximum atomic E-state index is 2.20. The Bertz CT molecular complexity index is 296. The maximum absolute atomic E-state index is 2.20. The van der Waals surface area contributed by atoms with E-state index >= 15 is 0 Å². The van der Waals surface area contributed by atoms with Gasteiger partial charge >= 0.3 is 0 Å². The summed E-state index contributed by atoms with van der Waals surface area (Å²) in [6.07, 6.45) is 18.1. The van der Waals surface area contributed by atoms with Gasteiger partial charge in [-0.2, -0.15) is 0 Å². The topological polar surface area (TPSA) is 0 Å². The van der Waals surface area contributed by atoms with Crippen molar-refractivity contribution in [3.05, 3.63) is 59.8 Å². The first-order valence-corrected chi connectivity index (χ1v) is 3.88. The van der Waals surface area contributed by atoms with Crippen LogP contribution in [0.25, 0.3) is 0 Å². The predicted molar refractivity (Wildman–Crippen MR) is 48.2 cm³/mol. The minimum atomic E-state index is 1.09. The van der Waals surface area contributed by atoms with E-state index in [0.717, 1.165) is 6.42 Å². The van der Waals surface area contributed by atoms with Crippen LogP contribution in [0.5, 0.6) is 0 Å². The fraction of sp³-hybridized carbons (Fsp3) is 0.0909. The zero-order chi connectivity index (χ0) is 7.52. The minimum Gasteiger partial charge on any atom is -0.0795 e. The Labute approximate surface area is 66.9 Å². The van der Waals surface area contributed by atoms with Crippen LogP contribution >= 0.6 is 0 Å². The predicted octanol–water partition coefficient (Wildman–Crippen LogP) is 2.93. The van der Waals surface area contributed by atoms with Crippen molar-refractivity contribution in [2.75, 3.05) is 0 Å². The van der Waals surface area contributed by atoms with Crippen LogP contribution in [-0.4, -0.2) is 0 Å². The zero-order valence-electron chi connectivity index (χ0n) is 6.33. The van der Waals surface area contributed by atoms with Gasteiger partial charge in [-0.15, -0.1) is 0 Å². The summed E-state index contributed by atoms with van der Waals surface area (Å²) < 4.78 is 0. The minimum absolute atomic E-state index is 1.09. The van der Waals surface area contributed by atoms with Crippen molar-refractivity contribution in [2.45, 2.75) is 6.42 Å². The molecule has 0 aromatic heterocycles. The van der Waals surface area contributed by atoms with Crippen molar-refractivity contribution in [1.29, 1.82) is 0 Å². The highest BCUT2D eigenvalue weighted by atomic mass is 14.1. The molecule has 0 fully saturated rings. The molecule has 0 bridgehead atoms. The molecule has 0 saturated heterocycles. The lowest BCUT2D eigenvalue weighted by Gasteiger charge is -1.96. The van der Waals surface area contributed by atoms with Gasteiger partial charge in [0.05, 0.1) is 0 Å². The average molecular weight is 142 g/mol. The summed E-state index contributed by atoms with van der Waals surface area (Å²) in [6, 6.07) is 0. The van der Waals surface area contributed by atoms with Crippen molar-refractivity contribution in [1.82, 2.24) is 0 Å². The van der Waals surface area contributed by atoms with Crippen LogP contribution in [0, 0.1) is 0 Å². The third kappa shape index (κ3) is 1.25. The summed E-state index contributed by atoms with van der Waals surface area (Å²) in [5.41, 5.74) is 2.77. The van der Waals surface area contributed by atoms with Gasteiger partial charge in [0.2, 0.25) is 0 Å². The molecular formula is C11H10. The molecule has 0 N–H and O–H groups in total. The molecule has 0 spiro atoms. The summed E-state index contributed by atoms with van der Waals surface area (Å²) >= 11 is 0. The molecule has 54 valence electrons. The van der Waals surface area contributed by atoms with Gasteiger partial charge < -0.3 is 0 Å². The van der Waals surface area contributed by atoms with Crippen LogP contribution < -0.4 is 0 Å². The van der Waals surface area contributed by atoms with Crippen molar-refractivity contribution in [3.8, 4) is 0 Å². The Morgan fingerprint density at radius 3 is 2.55 bits per heavy atom. The smallest absolute Gasteiger partial charge is 0.00882 e. The fourth-order valence-corrected chi connectivity index (χ4v) is 1.32. The van der Waals surface area contributed by atoms with Crippen molar-refractivity contribution < 1.29 is 0 Å². The van der Waals surface area contributed by atoms with E-state index in [1.807, 2.05) is 6.08 Å². The van der Waals surface area contributed by atoms with E-state index in [9.17, 15) is 0 Å². The molecule has 0 atom stereocenters. The van der Waals surface area contributed by atoms with Gasteiger partial charge in [-0.3, -0.25) is 0 Å². The molecule has 0 aromatic carbocycles. The SMILES string of the molecule is C1=CC2=C(\C=C/C=C\C=C/2)C1. The Morgan fingerprint density at radius 1 is 0.818 bits per heavy atom. The van der Waals surface area contributed by atoms with Gasteiger partial charge in [-0.25, -0.2) is 0 Å². The molecule has 2 rings (SSSR count). The summed E-state index contributed by atoms with van der Waals surface area (Å²) in [5.74, 6) is 0. The quantitative estimate of drug-likeness (QED) is 0.488. The summed E-state index contributed by atoms with van der Waals surface area (Å²) in [4.78, 5) is 0. The molecule has 0 unspecified atom stereocenters. The van der Waals surface area contributed by atoms with E-state index in [2.05, 4.69) is 42.5 Å². The number of rotatable bonds is 0. The molecule has 0 radical (unpaired) electrons. The second-order valence-corrected chi connectivity index (χ2v) is 2.69. The van der Waals surface area contributed by atoms with Crippen molar-refractivity contribution >= 4 is 0 Å². The highest BCUT2D eigenvalue weighted by Gasteiger charge is 2.02. The molecular weight excluding hydrogens is 132 g/mol. The largest absolute Gasteiger partial charge is 0.0795 e. The van der Waals surface area contributed by atoms with Crippen LogP contribution in [-0.2, 0) is 0 Å². The van der Waals surface area contributed by atoms with Crippen LogP contribution in [0.3, 0.4) is 0 Å². The number of hydrogen-bond donors (Lipinski definition) is 0. The lowest BCUT2D eigenvalue weighted by Crippen LogP contribution is -1.77. The molecule has 0 heteroatoms. The zero-order valence-corrected chi connectivity index (χ0v) is 6.33. The van der Waals surface area contributed by atoms with Gasteiger partial charge in [-0.05, 0) is 17.6 Å². The normalized spacial score (nSPS) is 29.1. The molecule has 0 aromatic rings. The summed E-state index contributed by atoms with van der Waals surface area (Å²) in [7, 11) is 0. The third-order valence-corrected chi connectivity index (χ3v) is 1.91. The molecule has 0 nitrogen and oxygen atoms in total. The van der Waals surface area contributed by atoms with Crippen LogP contribution in [0.4, 0.5) is 0 Å². The van der Waals surface area contributed by atoms with Gasteiger partial charge in [-0.1, -0.05) is 48.6 Å². The van der Waals surface area contributed by atoms with E-state index in [1.54, 1.807) is 0 Å². The lowest BCUT2D eigenvalue weighted by molar-refractivity contribution is 1.32. The Kier molecular flexibility index (Phi) is 1.60. The number of allylic oxidation sites excluding steroid dienone is 10. The van der Waals surface area contributed by atoms with Gasteiger partial charge in [0, 0.05) is 0 Å². The lowest BCUT2D eigenvalue weighted by atomic mass is 10.1. The Hall–Kier alpha value is -1.30. The maximum Gasteiger partial charge on any atom is -0.00882 e. The van der Waals surface area contributed by atoms with Crippen LogP contribution in [0.1, 0.15) is 6.42 Å². The second-order valence-electron chi connectivity index (χ2n) is 2.69. The van der Waals surface area contributed by atoms with E-state index in [1.165, 1.54) is 11.1 Å². The monoisotopic (exact) mass is 142 g/mol. The van der Waals surface area contributed by atoms with E-state index in [4.69, 9.17) is 0 Å². The van der Waals surface area contributed by atoms with E-state index < -0.39 is 0 Å². The van der Waals surface area contributed by atoms with Crippen LogP contribution in [0.15, 0.2) is 59.8 Å². The number of hydrogen-bond acceptors (Lipinski definition) is 0. The third-order valence-electron chi connectivity index (χ3n) is 1.91. The highest BCUT2D eigenvalue weighted by Crippen LogP contribution is 2.21. The van der Waals surface area contributed by atoms with Crippen molar-refractivity contribution in [3.63, 3.8) is 0 Å². The average Bonchev–Trinajstić information content (AvgIpc) is 2.35. The van der Waals surface area contributed by atoms with Crippen LogP contribution in [0.2, 0.25) is 0 Å². The van der Waals surface area contributed by atoms with Gasteiger partial charge in [0.15, 0.2) is 0 Å². The van der Waals surface area contributed by atoms with E-state index in [-0.39, 0.29) is 0 Å². The highest BCUT2D eigenvalue weighted by molar-refractivity contribution is 5.48. The summed E-state index contributed by atoms with van der Waals surface area (Å²) in [6.45, 7) is 0. The van der Waals surface area contributed by atoms with Gasteiger partial charge in [0.1, 0.15) is 0 Å². The molecule has 2 aliphatic carbocycles. The first-order valence-electron chi connectivity index (χ1n) is 3.88. The molecule has 0 saturated carbocycles. The fourth-order valence-electron chi connectivity index (χ4n) is 1.32. The molecule has 11 heavy (non-hydrogen) atoms.